The Balaban J connectivity index is 3.48. The van der Waals surface area contributed by atoms with E-state index >= 15 is 0 Å². The summed E-state index contributed by atoms with van der Waals surface area (Å²) in [4.78, 5) is 83.2. The van der Waals surface area contributed by atoms with E-state index in [0.29, 0.717) is 198 Å². The van der Waals surface area contributed by atoms with Gasteiger partial charge in [-0.05, 0) is 5.53 Å². The van der Waals surface area contributed by atoms with E-state index in [1.165, 1.54) is 45.0 Å². The van der Waals surface area contributed by atoms with E-state index in [9.17, 15) is 28.8 Å². The minimum absolute atomic E-state index is 0.0959. The second kappa shape index (κ2) is 57.3. The molecular weight excluding hydrogens is 1080 g/mol. The number of carbonyl (C=O) groups excluding carboxylic acids is 6. The fourth-order valence-corrected chi connectivity index (χ4v) is 5.91. The molecule has 0 saturated heterocycles. The summed E-state index contributed by atoms with van der Waals surface area (Å²) in [6.07, 6.45) is 0.0959. The van der Waals surface area contributed by atoms with Crippen LogP contribution in [0.25, 0.3) is 10.4 Å². The molecule has 0 fully saturated rings. The zero-order valence-corrected chi connectivity index (χ0v) is 48.8. The van der Waals surface area contributed by atoms with Crippen LogP contribution in [0.4, 0.5) is 0 Å². The van der Waals surface area contributed by atoms with Crippen molar-refractivity contribution >= 4 is 35.4 Å². The fourth-order valence-electron chi connectivity index (χ4n) is 5.91. The Kier molecular flexibility index (Phi) is 54.1. The van der Waals surface area contributed by atoms with E-state index in [0.717, 1.165) is 14.7 Å². The quantitative estimate of drug-likeness (QED) is 0.0271. The molecule has 0 aliphatic rings. The number of hydrogen-bond donors (Lipinski definition) is 2. The largest absolute Gasteiger partial charge is 0.379 e. The van der Waals surface area contributed by atoms with Crippen molar-refractivity contribution in [2.75, 3.05) is 286 Å². The second-order valence-electron chi connectivity index (χ2n) is 17.3. The summed E-state index contributed by atoms with van der Waals surface area (Å²) >= 11 is 0. The van der Waals surface area contributed by atoms with E-state index in [-0.39, 0.29) is 64.7 Å². The molecule has 0 aliphatic heterocycles. The molecule has 0 atom stereocenters. The van der Waals surface area contributed by atoms with Crippen molar-refractivity contribution in [2.45, 2.75) is 6.42 Å². The molecule has 0 spiro atoms. The van der Waals surface area contributed by atoms with Gasteiger partial charge in [0, 0.05) is 66.2 Å². The van der Waals surface area contributed by atoms with E-state index < -0.39 is 29.5 Å². The zero-order valence-electron chi connectivity index (χ0n) is 48.8. The second-order valence-corrected chi connectivity index (χ2v) is 17.3. The number of ether oxygens (including phenoxy) is 15. The molecule has 0 bridgehead atoms. The third kappa shape index (κ3) is 50.9. The summed E-state index contributed by atoms with van der Waals surface area (Å²) < 4.78 is 81.9. The summed E-state index contributed by atoms with van der Waals surface area (Å²) in [6, 6.07) is 0. The van der Waals surface area contributed by atoms with Crippen LogP contribution in [-0.4, -0.2) is 346 Å². The van der Waals surface area contributed by atoms with Crippen molar-refractivity contribution in [1.29, 1.82) is 0 Å². The van der Waals surface area contributed by atoms with Crippen molar-refractivity contribution in [1.82, 2.24) is 29.8 Å². The molecule has 0 saturated carbocycles. The third-order valence-electron chi connectivity index (χ3n) is 10.5. The molecule has 6 amide bonds. The molecule has 472 valence electrons. The van der Waals surface area contributed by atoms with Gasteiger partial charge in [0.2, 0.25) is 35.4 Å². The number of nitrogens with zero attached hydrogens (tertiary/aromatic N) is 8. The minimum Gasteiger partial charge on any atom is -0.379 e. The zero-order chi connectivity index (χ0) is 59.7. The lowest BCUT2D eigenvalue weighted by molar-refractivity contribution is -0.145. The van der Waals surface area contributed by atoms with Gasteiger partial charge < -0.3 is 107 Å². The highest BCUT2D eigenvalue weighted by Gasteiger charge is 2.23. The number of hydrogen-bond acceptors (Lipinski definition) is 23. The van der Waals surface area contributed by atoms with Gasteiger partial charge in [-0.25, -0.2) is 0 Å². The average molecular weight is 1170 g/mol. The van der Waals surface area contributed by atoms with Gasteiger partial charge in [0.05, 0.1) is 231 Å². The van der Waals surface area contributed by atoms with E-state index in [1.54, 1.807) is 0 Å². The summed E-state index contributed by atoms with van der Waals surface area (Å²) in [5.74, 6) is -2.69. The summed E-state index contributed by atoms with van der Waals surface area (Å²) in [7, 11) is 7.12. The van der Waals surface area contributed by atoms with Crippen LogP contribution in [0.1, 0.15) is 6.42 Å². The molecule has 0 radical (unpaired) electrons. The molecule has 3 N–H and O–H groups in total. The van der Waals surface area contributed by atoms with Gasteiger partial charge in [0.15, 0.2) is 0 Å². The summed E-state index contributed by atoms with van der Waals surface area (Å²) in [5, 5.41) is 6.04. The predicted molar refractivity (Wildman–Crippen MR) is 291 cm³/mol. The van der Waals surface area contributed by atoms with Crippen LogP contribution in [0.2, 0.25) is 0 Å². The van der Waals surface area contributed by atoms with Crippen LogP contribution < -0.4 is 11.1 Å². The van der Waals surface area contributed by atoms with Crippen molar-refractivity contribution in [2.24, 2.45) is 10.8 Å². The van der Waals surface area contributed by atoms with Crippen molar-refractivity contribution < 1.29 is 99.8 Å². The smallest absolute Gasteiger partial charge is 0.242 e. The number of nitrogens with one attached hydrogen (secondary N) is 1. The number of likely N-dealkylation sites (N-methyl/N-ethyl adjacent to an activating group) is 5. The summed E-state index contributed by atoms with van der Waals surface area (Å²) in [6.45, 7) is 12.2. The Labute approximate surface area is 477 Å². The molecule has 0 aliphatic carbocycles. The Morgan fingerprint density at radius 3 is 0.790 bits per heavy atom. The lowest BCUT2D eigenvalue weighted by Gasteiger charge is -2.26. The standard InChI is InChI=1S/C50H96N10O21/c1-56(47(63)42-58(3)49(65)44-60(5)50(66)43-59(4)48(64)41-57(2)46(62)6-7-51)40-45(61)53-8-10-67-12-14-69-16-18-71-20-22-73-24-26-75-28-30-77-32-34-79-36-38-81-39-37-80-35-33-78-31-29-76-27-25-74-23-21-72-19-17-70-15-13-68-11-9-54-55-52/h6-44,51H2,1-5H3,(H,53,61). The number of carbonyl (C=O) groups is 6. The van der Waals surface area contributed by atoms with E-state index in [4.69, 9.17) is 82.3 Å². The first-order chi connectivity index (χ1) is 39.3. The van der Waals surface area contributed by atoms with Crippen LogP contribution >= 0.6 is 0 Å². The van der Waals surface area contributed by atoms with Gasteiger partial charge in [-0.15, -0.1) is 0 Å². The topological polar surface area (TPSA) is 344 Å². The Hall–Kier alpha value is -4.51. The van der Waals surface area contributed by atoms with Crippen LogP contribution in [0.3, 0.4) is 0 Å². The summed E-state index contributed by atoms with van der Waals surface area (Å²) in [5.41, 5.74) is 13.6. The molecule has 0 aromatic heterocycles. The normalized spacial score (nSPS) is 11.1. The van der Waals surface area contributed by atoms with Crippen LogP contribution in [0.15, 0.2) is 5.11 Å². The van der Waals surface area contributed by atoms with E-state index in [1.807, 2.05) is 0 Å². The molecule has 0 heterocycles. The van der Waals surface area contributed by atoms with Gasteiger partial charge in [0.1, 0.15) is 0 Å². The lowest BCUT2D eigenvalue weighted by atomic mass is 10.3. The molecule has 0 rings (SSSR count). The number of nitrogens with two attached hydrogens (primary N) is 1. The first-order valence-electron chi connectivity index (χ1n) is 27.2. The monoisotopic (exact) mass is 1170 g/mol. The maximum atomic E-state index is 12.7. The minimum atomic E-state index is -0.522. The highest BCUT2D eigenvalue weighted by Crippen LogP contribution is 1.99. The Morgan fingerprint density at radius 2 is 0.556 bits per heavy atom. The molecule has 31 nitrogen and oxygen atoms in total. The lowest BCUT2D eigenvalue weighted by Crippen LogP contribution is -2.48. The predicted octanol–water partition coefficient (Wildman–Crippen LogP) is -2.70. The highest BCUT2D eigenvalue weighted by molar-refractivity contribution is 5.91. The Bertz CT molecular complexity index is 1630. The van der Waals surface area contributed by atoms with Gasteiger partial charge in [0.25, 0.3) is 0 Å². The highest BCUT2D eigenvalue weighted by atomic mass is 16.6. The van der Waals surface area contributed by atoms with Gasteiger partial charge in [-0.1, -0.05) is 5.11 Å². The average Bonchev–Trinajstić information content (AvgIpc) is 3.44. The molecular formula is C50H96N10O21. The van der Waals surface area contributed by atoms with Crippen molar-refractivity contribution in [3.05, 3.63) is 10.4 Å². The van der Waals surface area contributed by atoms with Gasteiger partial charge in [-0.2, -0.15) is 0 Å². The number of azide groups is 1. The molecule has 0 unspecified atom stereocenters. The van der Waals surface area contributed by atoms with Gasteiger partial charge in [-0.3, -0.25) is 28.8 Å². The molecule has 81 heavy (non-hydrogen) atoms. The third-order valence-corrected chi connectivity index (χ3v) is 10.5. The van der Waals surface area contributed by atoms with Crippen LogP contribution in [0, 0.1) is 0 Å². The van der Waals surface area contributed by atoms with Crippen molar-refractivity contribution in [3.63, 3.8) is 0 Å². The fraction of sp³-hybridized carbons (Fsp3) is 0.880. The van der Waals surface area contributed by atoms with Crippen molar-refractivity contribution in [3.8, 4) is 0 Å². The number of rotatable bonds is 60. The first kappa shape index (κ1) is 76.5. The van der Waals surface area contributed by atoms with E-state index in [2.05, 4.69) is 15.3 Å². The van der Waals surface area contributed by atoms with Crippen LogP contribution in [0.5, 0.6) is 0 Å². The number of amides is 6. The van der Waals surface area contributed by atoms with Gasteiger partial charge >= 0.3 is 0 Å². The maximum Gasteiger partial charge on any atom is 0.242 e. The Morgan fingerprint density at radius 1 is 0.346 bits per heavy atom. The van der Waals surface area contributed by atoms with Crippen LogP contribution in [-0.2, 0) is 99.8 Å². The molecule has 31 heteroatoms. The maximum absolute atomic E-state index is 12.7. The molecule has 0 aromatic rings. The molecule has 0 aromatic carbocycles. The SMILES string of the molecule is CN(CC(=O)NCCOCCOCCOCCOCCOCCOCCOCCOCCOCCOCCOCCOCCOCCOCCOCCN=[N+]=[N-])C(=O)CN(C)C(=O)CN(C)C(=O)CN(C)C(=O)CN(C)C(=O)CCN. The first-order valence-corrected chi connectivity index (χ1v) is 27.2.